The van der Waals surface area contributed by atoms with Crippen molar-refractivity contribution >= 4 is 28.6 Å². The second-order valence-corrected chi connectivity index (χ2v) is 9.16. The summed E-state index contributed by atoms with van der Waals surface area (Å²) in [6.45, 7) is 3.87. The Hall–Kier alpha value is -2.22. The molecule has 152 valence electrons. The number of thiophene rings is 1. The fourth-order valence-electron chi connectivity index (χ4n) is 3.72. The Morgan fingerprint density at radius 2 is 2.00 bits per heavy atom. The number of rotatable bonds is 6. The second kappa shape index (κ2) is 8.65. The number of hydrogen-bond donors (Lipinski definition) is 1. The van der Waals surface area contributed by atoms with Crippen LogP contribution in [0.4, 0.5) is 0 Å². The summed E-state index contributed by atoms with van der Waals surface area (Å²) < 4.78 is 10.9. The number of aromatic nitrogens is 1. The molecule has 1 aromatic carbocycles. The van der Waals surface area contributed by atoms with Gasteiger partial charge in [-0.1, -0.05) is 18.2 Å². The minimum absolute atomic E-state index is 0.0535. The Balaban J connectivity index is 1.52. The summed E-state index contributed by atoms with van der Waals surface area (Å²) in [5.74, 6) is 0.781. The average molecular weight is 429 g/mol. The molecule has 0 spiro atoms. The number of carbonyl (C=O) groups is 1. The van der Waals surface area contributed by atoms with Gasteiger partial charge in [-0.2, -0.15) is 0 Å². The molecule has 29 heavy (non-hydrogen) atoms. The lowest BCUT2D eigenvalue weighted by Crippen LogP contribution is -2.44. The van der Waals surface area contributed by atoms with Gasteiger partial charge in [0.15, 0.2) is 0 Å². The molecule has 4 rings (SSSR count). The molecule has 1 saturated heterocycles. The topological polar surface area (TPSA) is 60.5 Å². The Morgan fingerprint density at radius 1 is 1.24 bits per heavy atom. The first kappa shape index (κ1) is 20.1. The maximum absolute atomic E-state index is 13.0. The zero-order valence-electron chi connectivity index (χ0n) is 16.6. The highest BCUT2D eigenvalue weighted by molar-refractivity contribution is 7.22. The van der Waals surface area contributed by atoms with Gasteiger partial charge in [0.1, 0.15) is 15.6 Å². The van der Waals surface area contributed by atoms with Crippen molar-refractivity contribution in [2.75, 3.05) is 26.9 Å². The van der Waals surface area contributed by atoms with Crippen LogP contribution in [0.3, 0.4) is 0 Å². The van der Waals surface area contributed by atoms with E-state index in [0.29, 0.717) is 24.6 Å². The smallest absolute Gasteiger partial charge is 0.263 e. The molecule has 0 atom stereocenters. The normalized spacial score (nSPS) is 15.8. The lowest BCUT2D eigenvalue weighted by atomic mass is 9.74. The van der Waals surface area contributed by atoms with Crippen LogP contribution < -0.4 is 10.1 Å². The SMILES string of the molecule is COc1ccc(C2(CNC(=O)c3sc(-c4cccs4)nc3C)CCOCC2)cc1. The van der Waals surface area contributed by atoms with E-state index >= 15 is 0 Å². The molecule has 0 aliphatic carbocycles. The third kappa shape index (κ3) is 4.22. The van der Waals surface area contributed by atoms with Crippen LogP contribution in [-0.4, -0.2) is 37.8 Å². The van der Waals surface area contributed by atoms with Gasteiger partial charge in [0.05, 0.1) is 17.7 Å². The molecule has 1 fully saturated rings. The van der Waals surface area contributed by atoms with Crippen LogP contribution in [0, 0.1) is 6.92 Å². The standard InChI is InChI=1S/C22H24N2O3S2/c1-15-19(29-21(24-15)18-4-3-13-28-18)20(25)23-14-22(9-11-27-12-10-22)16-5-7-17(26-2)8-6-16/h3-8,13H,9-12,14H2,1-2H3,(H,23,25). The second-order valence-electron chi connectivity index (χ2n) is 7.21. The van der Waals surface area contributed by atoms with E-state index in [2.05, 4.69) is 22.4 Å². The summed E-state index contributed by atoms with van der Waals surface area (Å²) >= 11 is 3.10. The number of carbonyl (C=O) groups excluding carboxylic acids is 1. The Kier molecular flexibility index (Phi) is 5.99. The number of nitrogens with zero attached hydrogens (tertiary/aromatic N) is 1. The van der Waals surface area contributed by atoms with Gasteiger partial charge in [-0.15, -0.1) is 22.7 Å². The molecule has 1 N–H and O–H groups in total. The third-order valence-electron chi connectivity index (χ3n) is 5.47. The predicted octanol–water partition coefficient (Wildman–Crippen LogP) is 4.67. The van der Waals surface area contributed by atoms with Gasteiger partial charge in [0, 0.05) is 25.2 Å². The molecule has 1 amide bonds. The summed E-state index contributed by atoms with van der Waals surface area (Å²) in [7, 11) is 1.67. The number of nitrogens with one attached hydrogen (secondary N) is 1. The van der Waals surface area contributed by atoms with E-state index in [1.165, 1.54) is 16.9 Å². The van der Waals surface area contributed by atoms with Crippen LogP contribution in [-0.2, 0) is 10.2 Å². The minimum Gasteiger partial charge on any atom is -0.497 e. The van der Waals surface area contributed by atoms with E-state index in [1.807, 2.05) is 36.6 Å². The first-order chi connectivity index (χ1) is 14.1. The molecule has 5 nitrogen and oxygen atoms in total. The number of aryl methyl sites for hydroxylation is 1. The summed E-state index contributed by atoms with van der Waals surface area (Å²) in [5.41, 5.74) is 1.86. The van der Waals surface area contributed by atoms with Gasteiger partial charge in [-0.3, -0.25) is 4.79 Å². The molecule has 0 saturated carbocycles. The Morgan fingerprint density at radius 3 is 2.66 bits per heavy atom. The van der Waals surface area contributed by atoms with Crippen molar-refractivity contribution in [3.05, 3.63) is 57.9 Å². The summed E-state index contributed by atoms with van der Waals surface area (Å²) in [6, 6.07) is 12.2. The van der Waals surface area contributed by atoms with Crippen molar-refractivity contribution in [1.29, 1.82) is 0 Å². The van der Waals surface area contributed by atoms with Crippen LogP contribution in [0.5, 0.6) is 5.75 Å². The molecule has 0 unspecified atom stereocenters. The van der Waals surface area contributed by atoms with Crippen LogP contribution in [0.2, 0.25) is 0 Å². The molecule has 1 aliphatic heterocycles. The van der Waals surface area contributed by atoms with Crippen LogP contribution >= 0.6 is 22.7 Å². The van der Waals surface area contributed by atoms with Crippen LogP contribution in [0.25, 0.3) is 9.88 Å². The molecular formula is C22H24N2O3S2. The highest BCUT2D eigenvalue weighted by Gasteiger charge is 2.35. The highest BCUT2D eigenvalue weighted by Crippen LogP contribution is 2.36. The zero-order chi connectivity index (χ0) is 20.3. The molecule has 0 bridgehead atoms. The van der Waals surface area contributed by atoms with E-state index in [1.54, 1.807) is 18.4 Å². The highest BCUT2D eigenvalue weighted by atomic mass is 32.1. The van der Waals surface area contributed by atoms with E-state index < -0.39 is 0 Å². The van der Waals surface area contributed by atoms with Crippen molar-refractivity contribution in [2.45, 2.75) is 25.2 Å². The number of amides is 1. The van der Waals surface area contributed by atoms with Gasteiger partial charge in [-0.25, -0.2) is 4.98 Å². The van der Waals surface area contributed by atoms with Gasteiger partial charge in [-0.05, 0) is 48.9 Å². The van der Waals surface area contributed by atoms with Gasteiger partial charge in [0.25, 0.3) is 5.91 Å². The molecular weight excluding hydrogens is 404 g/mol. The van der Waals surface area contributed by atoms with Crippen molar-refractivity contribution in [3.8, 4) is 15.6 Å². The van der Waals surface area contributed by atoms with Crippen molar-refractivity contribution < 1.29 is 14.3 Å². The van der Waals surface area contributed by atoms with Crippen molar-refractivity contribution in [1.82, 2.24) is 10.3 Å². The quantitative estimate of drug-likeness (QED) is 0.620. The summed E-state index contributed by atoms with van der Waals surface area (Å²) in [4.78, 5) is 19.4. The number of ether oxygens (including phenoxy) is 2. The van der Waals surface area contributed by atoms with E-state index in [0.717, 1.165) is 34.2 Å². The molecule has 0 radical (unpaired) electrons. The number of thiazole rings is 1. The van der Waals surface area contributed by atoms with Crippen molar-refractivity contribution in [2.24, 2.45) is 0 Å². The first-order valence-corrected chi connectivity index (χ1v) is 11.3. The Labute approximate surface area is 178 Å². The molecule has 2 aromatic heterocycles. The van der Waals surface area contributed by atoms with Crippen LogP contribution in [0.1, 0.15) is 33.8 Å². The zero-order valence-corrected chi connectivity index (χ0v) is 18.2. The molecule has 3 heterocycles. The number of hydrogen-bond acceptors (Lipinski definition) is 6. The van der Waals surface area contributed by atoms with E-state index in [4.69, 9.17) is 9.47 Å². The first-order valence-electron chi connectivity index (χ1n) is 9.63. The average Bonchev–Trinajstić information content (AvgIpc) is 3.42. The third-order valence-corrected chi connectivity index (χ3v) is 7.67. The number of methoxy groups -OCH3 is 1. The van der Waals surface area contributed by atoms with E-state index in [9.17, 15) is 4.79 Å². The summed E-state index contributed by atoms with van der Waals surface area (Å²) in [5, 5.41) is 6.11. The molecule has 7 heteroatoms. The lowest BCUT2D eigenvalue weighted by Gasteiger charge is -2.38. The van der Waals surface area contributed by atoms with Crippen LogP contribution in [0.15, 0.2) is 41.8 Å². The fourth-order valence-corrected chi connectivity index (χ4v) is 5.50. The maximum Gasteiger partial charge on any atom is 0.263 e. The van der Waals surface area contributed by atoms with Crippen molar-refractivity contribution in [3.63, 3.8) is 0 Å². The molecule has 1 aliphatic rings. The maximum atomic E-state index is 13.0. The predicted molar refractivity (Wildman–Crippen MR) is 117 cm³/mol. The lowest BCUT2D eigenvalue weighted by molar-refractivity contribution is 0.0487. The summed E-state index contributed by atoms with van der Waals surface area (Å²) in [6.07, 6.45) is 1.75. The van der Waals surface area contributed by atoms with Gasteiger partial charge >= 0.3 is 0 Å². The fraction of sp³-hybridized carbons (Fsp3) is 0.364. The van der Waals surface area contributed by atoms with E-state index in [-0.39, 0.29) is 11.3 Å². The van der Waals surface area contributed by atoms with Gasteiger partial charge < -0.3 is 14.8 Å². The largest absolute Gasteiger partial charge is 0.497 e. The minimum atomic E-state index is -0.130. The number of benzene rings is 1. The van der Waals surface area contributed by atoms with Gasteiger partial charge in [0.2, 0.25) is 0 Å². The Bertz CT molecular complexity index is 959. The molecule has 3 aromatic rings. The monoisotopic (exact) mass is 428 g/mol.